The molecule has 0 radical (unpaired) electrons. The van der Waals surface area contributed by atoms with Gasteiger partial charge in [-0.2, -0.15) is 0 Å². The largest absolute Gasteiger partial charge is 0.464 e. The Balaban J connectivity index is 2.01. The van der Waals surface area contributed by atoms with Gasteiger partial charge in [-0.05, 0) is 19.3 Å². The second-order valence-corrected chi connectivity index (χ2v) is 6.74. The molecule has 6 heteroatoms. The van der Waals surface area contributed by atoms with E-state index in [4.69, 9.17) is 4.42 Å². The highest BCUT2D eigenvalue weighted by molar-refractivity contribution is 5.86. The van der Waals surface area contributed by atoms with Crippen LogP contribution < -0.4 is 0 Å². The molecule has 0 atom stereocenters. The Morgan fingerprint density at radius 1 is 1.24 bits per heavy atom. The molecule has 6 nitrogen and oxygen atoms in total. The molecule has 1 aliphatic carbocycles. The molecule has 0 N–H and O–H groups in total. The van der Waals surface area contributed by atoms with Crippen LogP contribution in [-0.4, -0.2) is 34.9 Å². The third kappa shape index (κ3) is 5.87. The zero-order chi connectivity index (χ0) is 18.1. The molecule has 1 amide bonds. The lowest BCUT2D eigenvalue weighted by Crippen LogP contribution is -2.41. The number of methoxy groups -OCH3 is 1. The van der Waals surface area contributed by atoms with Crippen molar-refractivity contribution >= 4 is 11.9 Å². The van der Waals surface area contributed by atoms with Crippen molar-refractivity contribution in [3.8, 4) is 0 Å². The fourth-order valence-corrected chi connectivity index (χ4v) is 3.39. The van der Waals surface area contributed by atoms with Crippen molar-refractivity contribution in [3.05, 3.63) is 17.8 Å². The first-order valence-electron chi connectivity index (χ1n) is 9.48. The fourth-order valence-electron chi connectivity index (χ4n) is 3.39. The van der Waals surface area contributed by atoms with Gasteiger partial charge in [-0.15, -0.1) is 0 Å². The number of hydrogen-bond donors (Lipinski definition) is 0. The van der Waals surface area contributed by atoms with Crippen LogP contribution in [0.25, 0.3) is 0 Å². The lowest BCUT2D eigenvalue weighted by atomic mass is 9.93. The molecule has 0 aliphatic heterocycles. The van der Waals surface area contributed by atoms with Crippen LogP contribution in [0.15, 0.2) is 10.7 Å². The van der Waals surface area contributed by atoms with Gasteiger partial charge < -0.3 is 14.1 Å². The highest BCUT2D eigenvalue weighted by Gasteiger charge is 2.27. The third-order valence-electron chi connectivity index (χ3n) is 4.83. The number of oxazole rings is 1. The number of rotatable bonds is 9. The molecule has 1 aromatic heterocycles. The Labute approximate surface area is 149 Å². The van der Waals surface area contributed by atoms with Gasteiger partial charge in [0.2, 0.25) is 11.8 Å². The molecule has 1 fully saturated rings. The summed E-state index contributed by atoms with van der Waals surface area (Å²) in [5.74, 6) is 0.0406. The van der Waals surface area contributed by atoms with E-state index in [9.17, 15) is 9.59 Å². The molecule has 0 aromatic carbocycles. The Morgan fingerprint density at radius 3 is 2.68 bits per heavy atom. The fraction of sp³-hybridized carbons (Fsp3) is 0.737. The number of ether oxygens (including phenoxy) is 1. The molecule has 1 aromatic rings. The van der Waals surface area contributed by atoms with Crippen LogP contribution in [0.5, 0.6) is 0 Å². The summed E-state index contributed by atoms with van der Waals surface area (Å²) in [4.78, 5) is 30.4. The molecule has 0 spiro atoms. The van der Waals surface area contributed by atoms with E-state index in [1.54, 1.807) is 0 Å². The topological polar surface area (TPSA) is 72.6 Å². The van der Waals surface area contributed by atoms with E-state index in [2.05, 4.69) is 16.6 Å². The van der Waals surface area contributed by atoms with Crippen LogP contribution in [0.4, 0.5) is 0 Å². The molecule has 0 bridgehead atoms. The van der Waals surface area contributed by atoms with Crippen molar-refractivity contribution in [2.24, 2.45) is 0 Å². The van der Waals surface area contributed by atoms with Gasteiger partial charge in [0.15, 0.2) is 5.69 Å². The quantitative estimate of drug-likeness (QED) is 0.495. The van der Waals surface area contributed by atoms with Gasteiger partial charge in [0.25, 0.3) is 0 Å². The highest BCUT2D eigenvalue weighted by Crippen LogP contribution is 2.25. The highest BCUT2D eigenvalue weighted by atomic mass is 16.5. The van der Waals surface area contributed by atoms with Gasteiger partial charge in [-0.25, -0.2) is 9.78 Å². The maximum absolute atomic E-state index is 12.8. The Bertz CT molecular complexity index is 549. The van der Waals surface area contributed by atoms with Gasteiger partial charge in [0.05, 0.1) is 13.7 Å². The van der Waals surface area contributed by atoms with E-state index in [-0.39, 0.29) is 17.6 Å². The number of unbranched alkanes of at least 4 members (excludes halogenated alkanes) is 3. The summed E-state index contributed by atoms with van der Waals surface area (Å²) >= 11 is 0. The minimum Gasteiger partial charge on any atom is -0.464 e. The predicted molar refractivity (Wildman–Crippen MR) is 94.0 cm³/mol. The minimum atomic E-state index is -0.523. The van der Waals surface area contributed by atoms with Gasteiger partial charge >= 0.3 is 5.97 Å². The van der Waals surface area contributed by atoms with Crippen LogP contribution in [0.2, 0.25) is 0 Å². The van der Waals surface area contributed by atoms with Crippen LogP contribution in [0, 0.1) is 0 Å². The van der Waals surface area contributed by atoms with E-state index in [0.717, 1.165) is 44.9 Å². The first kappa shape index (κ1) is 19.5. The molecule has 1 saturated carbocycles. The zero-order valence-electron chi connectivity index (χ0n) is 15.5. The van der Waals surface area contributed by atoms with Crippen LogP contribution >= 0.6 is 0 Å². The van der Waals surface area contributed by atoms with E-state index >= 15 is 0 Å². The second-order valence-electron chi connectivity index (χ2n) is 6.74. The number of aromatic nitrogens is 1. The lowest BCUT2D eigenvalue weighted by molar-refractivity contribution is -0.135. The molecule has 140 valence electrons. The molecular formula is C19H30N2O4. The van der Waals surface area contributed by atoms with E-state index in [0.29, 0.717) is 18.9 Å². The van der Waals surface area contributed by atoms with Crippen molar-refractivity contribution < 1.29 is 18.7 Å². The SMILES string of the molecule is CCCCCCC(=O)N(Cc1nc(C(=O)OC)co1)C1CCCCC1. The maximum atomic E-state index is 12.8. The van der Waals surface area contributed by atoms with Gasteiger partial charge in [-0.3, -0.25) is 4.79 Å². The number of esters is 1. The van der Waals surface area contributed by atoms with Crippen molar-refractivity contribution in [1.82, 2.24) is 9.88 Å². The number of amides is 1. The summed E-state index contributed by atoms with van der Waals surface area (Å²) in [6.07, 6.45) is 11.8. The van der Waals surface area contributed by atoms with Crippen molar-refractivity contribution in [2.45, 2.75) is 83.7 Å². The van der Waals surface area contributed by atoms with Gasteiger partial charge in [0.1, 0.15) is 6.26 Å². The first-order valence-corrected chi connectivity index (χ1v) is 9.48. The Morgan fingerprint density at radius 2 is 2.00 bits per heavy atom. The molecule has 2 rings (SSSR count). The number of hydrogen-bond acceptors (Lipinski definition) is 5. The van der Waals surface area contributed by atoms with Crippen LogP contribution in [0.3, 0.4) is 0 Å². The monoisotopic (exact) mass is 350 g/mol. The maximum Gasteiger partial charge on any atom is 0.360 e. The zero-order valence-corrected chi connectivity index (χ0v) is 15.5. The average molecular weight is 350 g/mol. The average Bonchev–Trinajstić information content (AvgIpc) is 3.12. The number of carbonyl (C=O) groups excluding carboxylic acids is 2. The summed E-state index contributed by atoms with van der Waals surface area (Å²) in [5.41, 5.74) is 0.150. The van der Waals surface area contributed by atoms with Crippen molar-refractivity contribution in [1.29, 1.82) is 0 Å². The Hall–Kier alpha value is -1.85. The smallest absolute Gasteiger partial charge is 0.360 e. The lowest BCUT2D eigenvalue weighted by Gasteiger charge is -2.33. The standard InChI is InChI=1S/C19H30N2O4/c1-3-4-5-9-12-18(22)21(15-10-7-6-8-11-15)13-17-20-16(14-25-17)19(23)24-2/h14-15H,3-13H2,1-2H3. The third-order valence-corrected chi connectivity index (χ3v) is 4.83. The molecule has 25 heavy (non-hydrogen) atoms. The molecule has 1 heterocycles. The summed E-state index contributed by atoms with van der Waals surface area (Å²) in [6.45, 7) is 2.49. The number of carbonyl (C=O) groups is 2. The van der Waals surface area contributed by atoms with Gasteiger partial charge in [-0.1, -0.05) is 45.4 Å². The Kier molecular flexibility index (Phi) is 7.95. The van der Waals surface area contributed by atoms with E-state index in [1.807, 2.05) is 4.90 Å². The van der Waals surface area contributed by atoms with Gasteiger partial charge in [0, 0.05) is 12.5 Å². The predicted octanol–water partition coefficient (Wildman–Crippen LogP) is 4.09. The van der Waals surface area contributed by atoms with Crippen molar-refractivity contribution in [3.63, 3.8) is 0 Å². The number of nitrogens with zero attached hydrogens (tertiary/aromatic N) is 2. The summed E-state index contributed by atoms with van der Waals surface area (Å²) in [5, 5.41) is 0. The van der Waals surface area contributed by atoms with Crippen LogP contribution in [-0.2, 0) is 16.1 Å². The molecule has 0 saturated heterocycles. The first-order chi connectivity index (χ1) is 12.2. The summed E-state index contributed by atoms with van der Waals surface area (Å²) in [7, 11) is 1.31. The van der Waals surface area contributed by atoms with Crippen molar-refractivity contribution in [2.75, 3.05) is 7.11 Å². The second kappa shape index (κ2) is 10.2. The summed E-state index contributed by atoms with van der Waals surface area (Å²) < 4.78 is 10.0. The van der Waals surface area contributed by atoms with E-state index in [1.165, 1.54) is 26.2 Å². The molecule has 1 aliphatic rings. The minimum absolute atomic E-state index is 0.150. The normalized spacial score (nSPS) is 15.1. The summed E-state index contributed by atoms with van der Waals surface area (Å²) in [6, 6.07) is 0.251. The van der Waals surface area contributed by atoms with Crippen LogP contribution in [0.1, 0.15) is 87.5 Å². The van der Waals surface area contributed by atoms with E-state index < -0.39 is 5.97 Å². The molecular weight excluding hydrogens is 320 g/mol. The molecule has 0 unspecified atom stereocenters.